The molecule has 0 amide bonds. The van der Waals surface area contributed by atoms with Gasteiger partial charge in [-0.05, 0) is 26.0 Å². The molecule has 6 nitrogen and oxygen atoms in total. The van der Waals surface area contributed by atoms with Crippen molar-refractivity contribution in [3.8, 4) is 11.5 Å². The molecule has 116 valence electrons. The molecule has 0 aliphatic carbocycles. The fourth-order valence-electron chi connectivity index (χ4n) is 1.51. The van der Waals surface area contributed by atoms with Gasteiger partial charge in [-0.25, -0.2) is 14.0 Å². The fraction of sp³-hybridized carbons (Fsp3) is 0.429. The standard InChI is InChI=1S/C14H17FO6/c1-4-19-13(16)12(14(17)20-5-2)21-11-9(15)7-6-8-10(11)18-3/h6-8,12H,4-5H2,1-3H3. The third-order valence-electron chi connectivity index (χ3n) is 2.39. The zero-order chi connectivity index (χ0) is 15.8. The lowest BCUT2D eigenvalue weighted by atomic mass is 10.3. The smallest absolute Gasteiger partial charge is 0.359 e. The van der Waals surface area contributed by atoms with E-state index in [0.717, 1.165) is 6.07 Å². The summed E-state index contributed by atoms with van der Waals surface area (Å²) < 4.78 is 33.3. The molecule has 21 heavy (non-hydrogen) atoms. The first-order valence-electron chi connectivity index (χ1n) is 6.37. The molecule has 7 heteroatoms. The number of carbonyl (C=O) groups is 2. The van der Waals surface area contributed by atoms with Crippen molar-refractivity contribution >= 4 is 11.9 Å². The molecule has 0 fully saturated rings. The Morgan fingerprint density at radius 2 is 1.71 bits per heavy atom. The van der Waals surface area contributed by atoms with Crippen LogP contribution in [0.25, 0.3) is 0 Å². The summed E-state index contributed by atoms with van der Waals surface area (Å²) in [5, 5.41) is 0. The van der Waals surface area contributed by atoms with Gasteiger partial charge in [-0.1, -0.05) is 6.07 Å². The van der Waals surface area contributed by atoms with E-state index in [9.17, 15) is 14.0 Å². The number of benzene rings is 1. The summed E-state index contributed by atoms with van der Waals surface area (Å²) in [6.07, 6.45) is -1.71. The van der Waals surface area contributed by atoms with Gasteiger partial charge in [0.25, 0.3) is 6.10 Å². The van der Waals surface area contributed by atoms with E-state index in [2.05, 4.69) is 0 Å². The van der Waals surface area contributed by atoms with E-state index < -0.39 is 23.9 Å². The van der Waals surface area contributed by atoms with E-state index in [0.29, 0.717) is 0 Å². The van der Waals surface area contributed by atoms with Crippen LogP contribution in [0.4, 0.5) is 4.39 Å². The van der Waals surface area contributed by atoms with Crippen LogP contribution in [-0.2, 0) is 19.1 Å². The average molecular weight is 300 g/mol. The molecule has 0 heterocycles. The molecule has 0 aliphatic heterocycles. The number of carbonyl (C=O) groups excluding carboxylic acids is 2. The Balaban J connectivity index is 3.06. The van der Waals surface area contributed by atoms with Crippen molar-refractivity contribution in [2.45, 2.75) is 20.0 Å². The number of para-hydroxylation sites is 1. The fourth-order valence-corrected chi connectivity index (χ4v) is 1.51. The van der Waals surface area contributed by atoms with Crippen molar-refractivity contribution in [2.75, 3.05) is 20.3 Å². The second-order valence-electron chi connectivity index (χ2n) is 3.77. The number of methoxy groups -OCH3 is 1. The first-order valence-corrected chi connectivity index (χ1v) is 6.37. The lowest BCUT2D eigenvalue weighted by molar-refractivity contribution is -0.166. The van der Waals surface area contributed by atoms with E-state index >= 15 is 0 Å². The highest BCUT2D eigenvalue weighted by Gasteiger charge is 2.33. The normalized spacial score (nSPS) is 10.1. The minimum atomic E-state index is -1.71. The molecule has 0 saturated carbocycles. The predicted molar refractivity (Wildman–Crippen MR) is 70.6 cm³/mol. The van der Waals surface area contributed by atoms with Crippen LogP contribution < -0.4 is 9.47 Å². The maximum atomic E-state index is 13.8. The van der Waals surface area contributed by atoms with E-state index in [1.54, 1.807) is 13.8 Å². The molecule has 0 N–H and O–H groups in total. The lowest BCUT2D eigenvalue weighted by Gasteiger charge is -2.18. The molecule has 0 unspecified atom stereocenters. The Bertz CT molecular complexity index is 484. The monoisotopic (exact) mass is 300 g/mol. The van der Waals surface area contributed by atoms with Crippen LogP contribution in [0.15, 0.2) is 18.2 Å². The Hall–Kier alpha value is -2.31. The zero-order valence-corrected chi connectivity index (χ0v) is 12.1. The third-order valence-corrected chi connectivity index (χ3v) is 2.39. The van der Waals surface area contributed by atoms with E-state index in [1.165, 1.54) is 19.2 Å². The summed E-state index contributed by atoms with van der Waals surface area (Å²) in [7, 11) is 1.31. The summed E-state index contributed by atoms with van der Waals surface area (Å²) in [6, 6.07) is 3.96. The van der Waals surface area contributed by atoms with Gasteiger partial charge >= 0.3 is 11.9 Å². The molecule has 0 bridgehead atoms. The largest absolute Gasteiger partial charge is 0.493 e. The number of ether oxygens (including phenoxy) is 4. The molecule has 0 aromatic heterocycles. The van der Waals surface area contributed by atoms with Crippen molar-refractivity contribution in [1.82, 2.24) is 0 Å². The topological polar surface area (TPSA) is 71.1 Å². The minimum Gasteiger partial charge on any atom is -0.493 e. The van der Waals surface area contributed by atoms with Crippen molar-refractivity contribution in [2.24, 2.45) is 0 Å². The number of esters is 2. The van der Waals surface area contributed by atoms with Gasteiger partial charge < -0.3 is 18.9 Å². The van der Waals surface area contributed by atoms with Crippen LogP contribution in [0.1, 0.15) is 13.8 Å². The van der Waals surface area contributed by atoms with Gasteiger partial charge in [-0.2, -0.15) is 0 Å². The summed E-state index contributed by atoms with van der Waals surface area (Å²) >= 11 is 0. The van der Waals surface area contributed by atoms with Crippen LogP contribution in [-0.4, -0.2) is 38.4 Å². The highest BCUT2D eigenvalue weighted by molar-refractivity contribution is 5.98. The van der Waals surface area contributed by atoms with Gasteiger partial charge in [0.1, 0.15) is 0 Å². The summed E-state index contributed by atoms with van der Waals surface area (Å²) in [4.78, 5) is 23.5. The van der Waals surface area contributed by atoms with Crippen LogP contribution in [0.5, 0.6) is 11.5 Å². The molecule has 1 rings (SSSR count). The van der Waals surface area contributed by atoms with Crippen LogP contribution >= 0.6 is 0 Å². The van der Waals surface area contributed by atoms with Crippen molar-refractivity contribution in [3.63, 3.8) is 0 Å². The van der Waals surface area contributed by atoms with Gasteiger partial charge in [0.05, 0.1) is 20.3 Å². The van der Waals surface area contributed by atoms with Gasteiger partial charge in [-0.3, -0.25) is 0 Å². The number of hydrogen-bond acceptors (Lipinski definition) is 6. The Kier molecular flexibility index (Phi) is 6.45. The first-order chi connectivity index (χ1) is 10.0. The minimum absolute atomic E-state index is 0.0481. The van der Waals surface area contributed by atoms with E-state index in [4.69, 9.17) is 18.9 Å². The molecule has 0 saturated heterocycles. The number of halogens is 1. The van der Waals surface area contributed by atoms with E-state index in [1.807, 2.05) is 0 Å². The van der Waals surface area contributed by atoms with Crippen molar-refractivity contribution < 1.29 is 32.9 Å². The van der Waals surface area contributed by atoms with E-state index in [-0.39, 0.29) is 24.7 Å². The summed E-state index contributed by atoms with van der Waals surface area (Å²) in [5.74, 6) is -2.99. The number of hydrogen-bond donors (Lipinski definition) is 0. The maximum absolute atomic E-state index is 13.8. The average Bonchev–Trinajstić information content (AvgIpc) is 2.46. The summed E-state index contributed by atoms with van der Waals surface area (Å²) in [5.41, 5.74) is 0. The third kappa shape index (κ3) is 4.34. The SMILES string of the molecule is CCOC(=O)C(Oc1c(F)cccc1OC)C(=O)OCC. The van der Waals surface area contributed by atoms with Crippen LogP contribution in [0.3, 0.4) is 0 Å². The van der Waals surface area contributed by atoms with Crippen LogP contribution in [0, 0.1) is 5.82 Å². The second-order valence-corrected chi connectivity index (χ2v) is 3.77. The molecule has 0 aliphatic rings. The quantitative estimate of drug-likeness (QED) is 0.564. The second kappa shape index (κ2) is 8.08. The van der Waals surface area contributed by atoms with Gasteiger partial charge in [0.2, 0.25) is 0 Å². The Morgan fingerprint density at radius 3 is 2.19 bits per heavy atom. The highest BCUT2D eigenvalue weighted by atomic mass is 19.1. The zero-order valence-electron chi connectivity index (χ0n) is 12.1. The van der Waals surface area contributed by atoms with Crippen molar-refractivity contribution in [1.29, 1.82) is 0 Å². The predicted octanol–water partition coefficient (Wildman–Crippen LogP) is 1.71. The van der Waals surface area contributed by atoms with Crippen LogP contribution in [0.2, 0.25) is 0 Å². The highest BCUT2D eigenvalue weighted by Crippen LogP contribution is 2.30. The maximum Gasteiger partial charge on any atom is 0.359 e. The lowest BCUT2D eigenvalue weighted by Crippen LogP contribution is -2.39. The molecule has 1 aromatic carbocycles. The molecule has 0 radical (unpaired) electrons. The van der Waals surface area contributed by atoms with Gasteiger partial charge in [0.15, 0.2) is 17.3 Å². The Labute approximate surface area is 121 Å². The molecule has 0 atom stereocenters. The molecule has 1 aromatic rings. The van der Waals surface area contributed by atoms with Gasteiger partial charge in [0, 0.05) is 0 Å². The van der Waals surface area contributed by atoms with Crippen molar-refractivity contribution in [3.05, 3.63) is 24.0 Å². The molecular formula is C14H17FO6. The Morgan fingerprint density at radius 1 is 1.14 bits per heavy atom. The molecule has 0 spiro atoms. The van der Waals surface area contributed by atoms with Gasteiger partial charge in [-0.15, -0.1) is 0 Å². The molecular weight excluding hydrogens is 283 g/mol. The summed E-state index contributed by atoms with van der Waals surface area (Å²) in [6.45, 7) is 3.24. The first kappa shape index (κ1) is 16.7. The number of rotatable bonds is 7.